The lowest BCUT2D eigenvalue weighted by atomic mass is 10.2. The normalized spacial score (nSPS) is 10.7. The van der Waals surface area contributed by atoms with Crippen LogP contribution in [0.3, 0.4) is 0 Å². The first-order valence-corrected chi connectivity index (χ1v) is 9.84. The number of methoxy groups -OCH3 is 1. The van der Waals surface area contributed by atoms with Crippen LogP contribution in [0, 0.1) is 6.92 Å². The number of ether oxygens (including phenoxy) is 1. The number of hydrogen-bond acceptors (Lipinski definition) is 5. The van der Waals surface area contributed by atoms with Crippen LogP contribution in [-0.2, 0) is 11.3 Å². The van der Waals surface area contributed by atoms with Gasteiger partial charge in [-0.05, 0) is 55.5 Å². The lowest BCUT2D eigenvalue weighted by Gasteiger charge is -2.06. The lowest BCUT2D eigenvalue weighted by Crippen LogP contribution is -2.28. The molecule has 4 rings (SSSR count). The van der Waals surface area contributed by atoms with Crippen LogP contribution in [0.4, 0.5) is 11.4 Å². The topological polar surface area (TPSA) is 107 Å². The summed E-state index contributed by atoms with van der Waals surface area (Å²) in [5, 5.41) is 9.67. The van der Waals surface area contributed by atoms with Crippen molar-refractivity contribution in [2.24, 2.45) is 0 Å². The molecule has 0 unspecified atom stereocenters. The molecule has 0 saturated heterocycles. The van der Waals surface area contributed by atoms with Gasteiger partial charge in [0.05, 0.1) is 12.7 Å². The number of aromatic nitrogens is 3. The number of nitrogens with zero attached hydrogens (tertiary/aromatic N) is 3. The van der Waals surface area contributed by atoms with Gasteiger partial charge < -0.3 is 15.4 Å². The molecule has 0 aliphatic heterocycles. The van der Waals surface area contributed by atoms with Crippen molar-refractivity contribution in [2.45, 2.75) is 13.5 Å². The fourth-order valence-electron chi connectivity index (χ4n) is 3.11. The van der Waals surface area contributed by atoms with Gasteiger partial charge in [-0.3, -0.25) is 9.59 Å². The molecule has 0 fully saturated rings. The number of rotatable bonds is 6. The maximum absolute atomic E-state index is 12.7. The summed E-state index contributed by atoms with van der Waals surface area (Å²) in [6.45, 7) is 1.69. The highest BCUT2D eigenvalue weighted by Crippen LogP contribution is 2.15. The first-order valence-electron chi connectivity index (χ1n) is 9.84. The molecule has 0 atom stereocenters. The van der Waals surface area contributed by atoms with Crippen LogP contribution in [0.2, 0.25) is 0 Å². The largest absolute Gasteiger partial charge is 0.497 e. The molecule has 9 heteroatoms. The van der Waals surface area contributed by atoms with Crippen LogP contribution in [-0.4, -0.2) is 33.1 Å². The number of pyridine rings is 1. The molecule has 0 aliphatic rings. The quantitative estimate of drug-likeness (QED) is 0.488. The standard InChI is InChI=1S/C23H21N5O4/c1-15-3-6-18(7-4-15)25-22(30)16-5-12-20-26-28(23(31)27(20)13-16)14-21(29)24-17-8-10-19(32-2)11-9-17/h3-13H,14H2,1-2H3,(H,24,29)(H,25,30). The monoisotopic (exact) mass is 431 g/mol. The summed E-state index contributed by atoms with van der Waals surface area (Å²) in [6.07, 6.45) is 1.41. The van der Waals surface area contributed by atoms with E-state index in [1.807, 2.05) is 19.1 Å². The third-order valence-corrected chi connectivity index (χ3v) is 4.82. The van der Waals surface area contributed by atoms with E-state index in [9.17, 15) is 14.4 Å². The Morgan fingerprint density at radius 2 is 1.59 bits per heavy atom. The molecule has 162 valence electrons. The molecule has 0 saturated carbocycles. The van der Waals surface area contributed by atoms with Crippen molar-refractivity contribution in [3.05, 3.63) is 88.5 Å². The van der Waals surface area contributed by atoms with E-state index in [2.05, 4.69) is 15.7 Å². The molecule has 0 radical (unpaired) electrons. The second kappa shape index (κ2) is 8.76. The lowest BCUT2D eigenvalue weighted by molar-refractivity contribution is -0.117. The zero-order valence-corrected chi connectivity index (χ0v) is 17.5. The van der Waals surface area contributed by atoms with Gasteiger partial charge in [0.1, 0.15) is 12.3 Å². The van der Waals surface area contributed by atoms with Crippen LogP contribution in [0.5, 0.6) is 5.75 Å². The van der Waals surface area contributed by atoms with Gasteiger partial charge in [-0.1, -0.05) is 17.7 Å². The fourth-order valence-corrected chi connectivity index (χ4v) is 3.11. The summed E-state index contributed by atoms with van der Waals surface area (Å²) in [6, 6.07) is 17.4. The maximum Gasteiger partial charge on any atom is 0.350 e. The molecule has 4 aromatic rings. The molecule has 0 bridgehead atoms. The summed E-state index contributed by atoms with van der Waals surface area (Å²) in [5.41, 5.74) is 2.41. The van der Waals surface area contributed by atoms with Crippen molar-refractivity contribution in [1.82, 2.24) is 14.2 Å². The van der Waals surface area contributed by atoms with Gasteiger partial charge in [-0.25, -0.2) is 13.9 Å². The number of fused-ring (bicyclic) bond motifs is 1. The fraction of sp³-hybridized carbons (Fsp3) is 0.130. The van der Waals surface area contributed by atoms with Crippen molar-refractivity contribution in [2.75, 3.05) is 17.7 Å². The Labute approximate surface area is 183 Å². The third-order valence-electron chi connectivity index (χ3n) is 4.82. The Balaban J connectivity index is 1.49. The number of carbonyl (C=O) groups is 2. The van der Waals surface area contributed by atoms with E-state index in [4.69, 9.17) is 4.74 Å². The van der Waals surface area contributed by atoms with Crippen LogP contribution in [0.1, 0.15) is 15.9 Å². The molecule has 9 nitrogen and oxygen atoms in total. The summed E-state index contributed by atoms with van der Waals surface area (Å²) in [5.74, 6) is -0.0903. The van der Waals surface area contributed by atoms with E-state index >= 15 is 0 Å². The van der Waals surface area contributed by atoms with E-state index in [0.717, 1.165) is 10.2 Å². The van der Waals surface area contributed by atoms with Crippen molar-refractivity contribution < 1.29 is 14.3 Å². The number of hydrogen-bond donors (Lipinski definition) is 2. The van der Waals surface area contributed by atoms with E-state index in [1.54, 1.807) is 55.6 Å². The third kappa shape index (κ3) is 4.51. The molecule has 32 heavy (non-hydrogen) atoms. The number of benzene rings is 2. The SMILES string of the molecule is COc1ccc(NC(=O)Cn2nc3ccc(C(=O)Nc4ccc(C)cc4)cn3c2=O)cc1. The molecule has 2 heterocycles. The Hall–Kier alpha value is -4.40. The predicted molar refractivity (Wildman–Crippen MR) is 120 cm³/mol. The van der Waals surface area contributed by atoms with Gasteiger partial charge >= 0.3 is 5.69 Å². The average Bonchev–Trinajstić information content (AvgIpc) is 3.10. The molecular formula is C23H21N5O4. The van der Waals surface area contributed by atoms with Crippen molar-refractivity contribution >= 4 is 28.8 Å². The molecular weight excluding hydrogens is 410 g/mol. The molecule has 0 aliphatic carbocycles. The van der Waals surface area contributed by atoms with E-state index in [0.29, 0.717) is 28.3 Å². The second-order valence-electron chi connectivity index (χ2n) is 7.18. The van der Waals surface area contributed by atoms with Gasteiger partial charge in [0.15, 0.2) is 5.65 Å². The van der Waals surface area contributed by atoms with E-state index in [-0.39, 0.29) is 12.5 Å². The Bertz CT molecular complexity index is 1340. The van der Waals surface area contributed by atoms with E-state index in [1.165, 1.54) is 10.6 Å². The number of amides is 2. The van der Waals surface area contributed by atoms with E-state index < -0.39 is 11.6 Å². The summed E-state index contributed by atoms with van der Waals surface area (Å²) < 4.78 is 7.38. The van der Waals surface area contributed by atoms with Crippen LogP contribution in [0.15, 0.2) is 71.7 Å². The summed E-state index contributed by atoms with van der Waals surface area (Å²) in [7, 11) is 1.56. The molecule has 2 aromatic heterocycles. The zero-order valence-electron chi connectivity index (χ0n) is 17.5. The second-order valence-corrected chi connectivity index (χ2v) is 7.18. The van der Waals surface area contributed by atoms with Crippen LogP contribution < -0.4 is 21.1 Å². The summed E-state index contributed by atoms with van der Waals surface area (Å²) in [4.78, 5) is 37.6. The van der Waals surface area contributed by atoms with Gasteiger partial charge in [-0.2, -0.15) is 0 Å². The van der Waals surface area contributed by atoms with Crippen LogP contribution in [0.25, 0.3) is 5.65 Å². The first-order chi connectivity index (χ1) is 15.4. The minimum atomic E-state index is -0.519. The molecule has 0 spiro atoms. The maximum atomic E-state index is 12.7. The first kappa shape index (κ1) is 20.9. The molecule has 2 N–H and O–H groups in total. The highest BCUT2D eigenvalue weighted by atomic mass is 16.5. The zero-order chi connectivity index (χ0) is 22.7. The number of aryl methyl sites for hydroxylation is 1. The summed E-state index contributed by atoms with van der Waals surface area (Å²) >= 11 is 0. The average molecular weight is 431 g/mol. The Morgan fingerprint density at radius 1 is 0.938 bits per heavy atom. The highest BCUT2D eigenvalue weighted by Gasteiger charge is 2.14. The Kier molecular flexibility index (Phi) is 5.71. The number of carbonyl (C=O) groups excluding carboxylic acids is 2. The predicted octanol–water partition coefficient (Wildman–Crippen LogP) is 2.70. The number of nitrogens with one attached hydrogen (secondary N) is 2. The highest BCUT2D eigenvalue weighted by molar-refractivity contribution is 6.04. The minimum absolute atomic E-state index is 0.266. The van der Waals surface area contributed by atoms with Gasteiger partial charge in [0, 0.05) is 17.6 Å². The Morgan fingerprint density at radius 3 is 2.28 bits per heavy atom. The minimum Gasteiger partial charge on any atom is -0.497 e. The van der Waals surface area contributed by atoms with Crippen LogP contribution >= 0.6 is 0 Å². The number of anilines is 2. The molecule has 2 amide bonds. The van der Waals surface area contributed by atoms with Gasteiger partial charge in [0.2, 0.25) is 5.91 Å². The van der Waals surface area contributed by atoms with Crippen molar-refractivity contribution in [1.29, 1.82) is 0 Å². The van der Waals surface area contributed by atoms with Crippen molar-refractivity contribution in [3.63, 3.8) is 0 Å². The van der Waals surface area contributed by atoms with Gasteiger partial charge in [-0.15, -0.1) is 5.10 Å². The van der Waals surface area contributed by atoms with Gasteiger partial charge in [0.25, 0.3) is 5.91 Å². The molecule has 2 aromatic carbocycles. The smallest absolute Gasteiger partial charge is 0.350 e. The van der Waals surface area contributed by atoms with Crippen molar-refractivity contribution in [3.8, 4) is 5.75 Å².